The molecule has 0 radical (unpaired) electrons. The third kappa shape index (κ3) is 11.3. The third-order valence-corrected chi connectivity index (χ3v) is 4.79. The summed E-state index contributed by atoms with van der Waals surface area (Å²) < 4.78 is 33.6. The molecule has 0 amide bonds. The van der Waals surface area contributed by atoms with Gasteiger partial charge in [-0.2, -0.15) is 0 Å². The molecular weight excluding hydrogens is 293 g/mol. The first kappa shape index (κ1) is 21.0. The lowest BCUT2D eigenvalue weighted by Crippen LogP contribution is -2.23. The topological polar surface area (TPSA) is 66.0 Å². The zero-order valence-electron chi connectivity index (χ0n) is 13.9. The van der Waals surface area contributed by atoms with Crippen molar-refractivity contribution in [3.05, 3.63) is 0 Å². The largest absolute Gasteiger partial charge is 0.353 e. The molecule has 0 atom stereocenters. The van der Waals surface area contributed by atoms with E-state index in [2.05, 4.69) is 5.32 Å². The molecule has 0 heterocycles. The number of ether oxygens (including phenoxy) is 2. The van der Waals surface area contributed by atoms with E-state index in [1.807, 2.05) is 27.7 Å². The van der Waals surface area contributed by atoms with Gasteiger partial charge in [0, 0.05) is 19.8 Å². The average molecular weight is 325 g/mol. The molecule has 0 aromatic carbocycles. The molecule has 0 aliphatic rings. The third-order valence-electron chi connectivity index (χ3n) is 2.71. The Labute approximate surface area is 129 Å². The Morgan fingerprint density at radius 1 is 0.905 bits per heavy atom. The maximum absolute atomic E-state index is 12.2. The number of rotatable bonds is 15. The van der Waals surface area contributed by atoms with Crippen LogP contribution in [0.25, 0.3) is 0 Å². The van der Waals surface area contributed by atoms with Gasteiger partial charge in [0.2, 0.25) is 0 Å². The molecule has 6 nitrogen and oxygen atoms in total. The first-order valence-corrected chi connectivity index (χ1v) is 9.66. The van der Waals surface area contributed by atoms with Gasteiger partial charge in [-0.1, -0.05) is 0 Å². The SMILES string of the molecule is CCOC(CCCNCCP(=O)(OCC)OCC)OCC. The van der Waals surface area contributed by atoms with Gasteiger partial charge in [-0.15, -0.1) is 0 Å². The van der Waals surface area contributed by atoms with Crippen LogP contribution in [-0.4, -0.2) is 52.0 Å². The van der Waals surface area contributed by atoms with Gasteiger partial charge in [-0.05, 0) is 47.1 Å². The van der Waals surface area contributed by atoms with Crippen LogP contribution >= 0.6 is 7.60 Å². The van der Waals surface area contributed by atoms with Crippen molar-refractivity contribution in [2.75, 3.05) is 45.7 Å². The van der Waals surface area contributed by atoms with Crippen molar-refractivity contribution in [3.8, 4) is 0 Å². The lowest BCUT2D eigenvalue weighted by molar-refractivity contribution is -0.139. The molecule has 0 fully saturated rings. The van der Waals surface area contributed by atoms with Crippen LogP contribution in [-0.2, 0) is 23.1 Å². The first-order chi connectivity index (χ1) is 10.1. The number of nitrogens with one attached hydrogen (secondary N) is 1. The fourth-order valence-electron chi connectivity index (χ4n) is 1.88. The average Bonchev–Trinajstić information content (AvgIpc) is 2.43. The lowest BCUT2D eigenvalue weighted by Gasteiger charge is -2.18. The van der Waals surface area contributed by atoms with E-state index in [9.17, 15) is 4.57 Å². The Hall–Kier alpha value is 0.0300. The Bertz CT molecular complexity index is 262. The smallest absolute Gasteiger partial charge is 0.331 e. The van der Waals surface area contributed by atoms with E-state index in [1.54, 1.807) is 0 Å². The summed E-state index contributed by atoms with van der Waals surface area (Å²) in [7, 11) is -2.92. The molecule has 0 aromatic rings. The molecule has 0 rings (SSSR count). The Balaban J connectivity index is 3.76. The molecule has 1 N–H and O–H groups in total. The Kier molecular flexibility index (Phi) is 13.7. The maximum atomic E-state index is 12.2. The predicted octanol–water partition coefficient (Wildman–Crippen LogP) is 3.02. The fraction of sp³-hybridized carbons (Fsp3) is 1.00. The standard InChI is InChI=1S/C14H32NO5P/c1-5-17-14(18-6-2)10-9-11-15-12-13-21(16,19-7-3)20-8-4/h14-15H,5-13H2,1-4H3. The highest BCUT2D eigenvalue weighted by molar-refractivity contribution is 7.53. The molecule has 0 saturated heterocycles. The summed E-state index contributed by atoms with van der Waals surface area (Å²) in [6, 6.07) is 0. The van der Waals surface area contributed by atoms with E-state index in [0.29, 0.717) is 39.1 Å². The molecule has 0 bridgehead atoms. The summed E-state index contributed by atoms with van der Waals surface area (Å²) in [6.45, 7) is 11.1. The minimum absolute atomic E-state index is 0.125. The van der Waals surface area contributed by atoms with Gasteiger partial charge in [0.15, 0.2) is 6.29 Å². The first-order valence-electron chi connectivity index (χ1n) is 7.93. The van der Waals surface area contributed by atoms with E-state index in [0.717, 1.165) is 19.4 Å². The van der Waals surface area contributed by atoms with Crippen molar-refractivity contribution in [3.63, 3.8) is 0 Å². The van der Waals surface area contributed by atoms with Crippen molar-refractivity contribution in [1.29, 1.82) is 0 Å². The summed E-state index contributed by atoms with van der Waals surface area (Å²) in [4.78, 5) is 0. The zero-order chi connectivity index (χ0) is 16.0. The molecule has 0 aliphatic carbocycles. The normalized spacial score (nSPS) is 12.2. The van der Waals surface area contributed by atoms with Crippen LogP contribution in [0, 0.1) is 0 Å². The van der Waals surface area contributed by atoms with Gasteiger partial charge in [0.1, 0.15) is 0 Å². The Morgan fingerprint density at radius 2 is 1.48 bits per heavy atom. The van der Waals surface area contributed by atoms with E-state index >= 15 is 0 Å². The van der Waals surface area contributed by atoms with Crippen molar-refractivity contribution >= 4 is 7.60 Å². The van der Waals surface area contributed by atoms with Crippen LogP contribution in [0.4, 0.5) is 0 Å². The van der Waals surface area contributed by atoms with Crippen LogP contribution in [0.15, 0.2) is 0 Å². The molecule has 0 aliphatic heterocycles. The van der Waals surface area contributed by atoms with E-state index < -0.39 is 7.60 Å². The predicted molar refractivity (Wildman–Crippen MR) is 84.9 cm³/mol. The second kappa shape index (κ2) is 13.7. The van der Waals surface area contributed by atoms with Gasteiger partial charge < -0.3 is 23.8 Å². The highest BCUT2D eigenvalue weighted by Gasteiger charge is 2.22. The van der Waals surface area contributed by atoms with Crippen LogP contribution in [0.3, 0.4) is 0 Å². The molecule has 0 saturated carbocycles. The number of hydrogen-bond donors (Lipinski definition) is 1. The van der Waals surface area contributed by atoms with Gasteiger partial charge in [0.25, 0.3) is 0 Å². The Morgan fingerprint density at radius 3 is 1.95 bits per heavy atom. The molecular formula is C14H32NO5P. The van der Waals surface area contributed by atoms with Gasteiger partial charge in [-0.25, -0.2) is 0 Å². The molecule has 21 heavy (non-hydrogen) atoms. The van der Waals surface area contributed by atoms with Crippen molar-refractivity contribution in [2.24, 2.45) is 0 Å². The van der Waals surface area contributed by atoms with Crippen LogP contribution in [0.2, 0.25) is 0 Å². The van der Waals surface area contributed by atoms with Gasteiger partial charge in [-0.3, -0.25) is 4.57 Å². The van der Waals surface area contributed by atoms with Crippen molar-refractivity contribution < 1.29 is 23.1 Å². The molecule has 7 heteroatoms. The highest BCUT2D eigenvalue weighted by atomic mass is 31.2. The van der Waals surface area contributed by atoms with E-state index in [-0.39, 0.29) is 6.29 Å². The summed E-state index contributed by atoms with van der Waals surface area (Å²) in [5, 5.41) is 3.25. The fourth-order valence-corrected chi connectivity index (χ4v) is 3.43. The summed E-state index contributed by atoms with van der Waals surface area (Å²) in [5.41, 5.74) is 0. The molecule has 0 unspecified atom stereocenters. The quantitative estimate of drug-likeness (QED) is 0.284. The minimum Gasteiger partial charge on any atom is -0.353 e. The summed E-state index contributed by atoms with van der Waals surface area (Å²) in [5.74, 6) is 0. The van der Waals surface area contributed by atoms with E-state index in [1.165, 1.54) is 0 Å². The van der Waals surface area contributed by atoms with Gasteiger partial charge in [0.05, 0.1) is 19.4 Å². The van der Waals surface area contributed by atoms with Crippen molar-refractivity contribution in [1.82, 2.24) is 5.32 Å². The summed E-state index contributed by atoms with van der Waals surface area (Å²) in [6.07, 6.45) is 2.07. The van der Waals surface area contributed by atoms with Crippen LogP contribution < -0.4 is 5.32 Å². The maximum Gasteiger partial charge on any atom is 0.331 e. The second-order valence-corrected chi connectivity index (χ2v) is 6.59. The molecule has 0 aromatic heterocycles. The van der Waals surface area contributed by atoms with Crippen LogP contribution in [0.5, 0.6) is 0 Å². The van der Waals surface area contributed by atoms with Crippen LogP contribution in [0.1, 0.15) is 40.5 Å². The minimum atomic E-state index is -2.92. The highest BCUT2D eigenvalue weighted by Crippen LogP contribution is 2.47. The zero-order valence-corrected chi connectivity index (χ0v) is 14.8. The molecule has 128 valence electrons. The van der Waals surface area contributed by atoms with Crippen molar-refractivity contribution in [2.45, 2.75) is 46.8 Å². The lowest BCUT2D eigenvalue weighted by atomic mass is 10.3. The second-order valence-electron chi connectivity index (χ2n) is 4.40. The monoisotopic (exact) mass is 325 g/mol. The summed E-state index contributed by atoms with van der Waals surface area (Å²) >= 11 is 0. The van der Waals surface area contributed by atoms with E-state index in [4.69, 9.17) is 18.5 Å². The van der Waals surface area contributed by atoms with Gasteiger partial charge >= 0.3 is 7.60 Å². The molecule has 0 spiro atoms. The number of hydrogen-bond acceptors (Lipinski definition) is 6.